The third-order valence-corrected chi connectivity index (χ3v) is 16.7. The van der Waals surface area contributed by atoms with Gasteiger partial charge in [0.25, 0.3) is 0 Å². The van der Waals surface area contributed by atoms with Crippen LogP contribution in [0.25, 0.3) is 0 Å². The number of halogens is 1. The minimum Gasteiger partial charge on any atom is -0.459 e. The molecule has 2 aromatic rings. The van der Waals surface area contributed by atoms with Gasteiger partial charge in [0.15, 0.2) is 6.29 Å². The van der Waals surface area contributed by atoms with Crippen molar-refractivity contribution >= 4 is 17.7 Å². The molecule has 3 N–H and O–H groups in total. The summed E-state index contributed by atoms with van der Waals surface area (Å²) in [5, 5.41) is 45.3. The summed E-state index contributed by atoms with van der Waals surface area (Å²) in [6.07, 6.45) is 2.27. The molecule has 15 nitrogen and oxygen atoms in total. The fourth-order valence-corrected chi connectivity index (χ4v) is 12.3. The van der Waals surface area contributed by atoms with Crippen LogP contribution < -0.4 is 0 Å². The lowest BCUT2D eigenvalue weighted by molar-refractivity contribution is -0.271. The molecule has 5 rings (SSSR count). The first-order valence-corrected chi connectivity index (χ1v) is 26.5. The predicted molar refractivity (Wildman–Crippen MR) is 266 cm³/mol. The molecule has 0 radical (unpaired) electrons. The largest absolute Gasteiger partial charge is 0.459 e. The highest BCUT2D eigenvalue weighted by molar-refractivity contribution is 7.98. The normalized spacial score (nSPS) is 39.1. The first kappa shape index (κ1) is 57.6. The van der Waals surface area contributed by atoms with Crippen LogP contribution in [0.2, 0.25) is 0 Å². The summed E-state index contributed by atoms with van der Waals surface area (Å²) >= 11 is 1.64. The van der Waals surface area contributed by atoms with E-state index >= 15 is 0 Å². The molecule has 0 spiro atoms. The van der Waals surface area contributed by atoms with Gasteiger partial charge in [0, 0.05) is 82.1 Å². The van der Waals surface area contributed by atoms with E-state index in [2.05, 4.69) is 36.1 Å². The SMILES string of the molecule is CC[C@H]1OC(=O)[C@H](C)C([C@H]2C[C@@](C)(OC)C[C@H](C)O2)[C@H](C)[C@@H](O[C@H]2C[C@@H](N(C)CCc3cn([C@H](CF)[C@H](OC)c4ccc(SC)cc4)nn3)C[C@@H](C)O2)[C@](C)(O)C[C@@H](C)CN(C)[C@H](C)[C@@H](O)[C@]1(C)O. The highest BCUT2D eigenvalue weighted by atomic mass is 32.2. The second-order valence-corrected chi connectivity index (χ2v) is 22.6. The van der Waals surface area contributed by atoms with Crippen LogP contribution in [0.1, 0.15) is 131 Å². The first-order chi connectivity index (χ1) is 32.4. The number of thioether (sulfide) groups is 1. The molecule has 0 amide bonds. The number of methoxy groups -OCH3 is 2. The number of likely N-dealkylation sites (N-methyl/N-ethyl adjacent to an activating group) is 2. The van der Waals surface area contributed by atoms with E-state index in [-0.39, 0.29) is 30.6 Å². The number of hydrogen-bond acceptors (Lipinski definition) is 15. The van der Waals surface area contributed by atoms with E-state index in [1.807, 2.05) is 97.1 Å². The quantitative estimate of drug-likeness (QED) is 0.122. The van der Waals surface area contributed by atoms with Gasteiger partial charge in [-0.15, -0.1) is 16.9 Å². The average molecular weight is 994 g/mol. The molecule has 1 unspecified atom stereocenters. The van der Waals surface area contributed by atoms with Crippen molar-refractivity contribution in [2.24, 2.45) is 23.7 Å². The smallest absolute Gasteiger partial charge is 0.309 e. The molecule has 1 aromatic carbocycles. The Hall–Kier alpha value is -2.29. The fraction of sp³-hybridized carbons (Fsp3) is 0.827. The van der Waals surface area contributed by atoms with Crippen molar-refractivity contribution in [2.75, 3.05) is 54.3 Å². The Labute approximate surface area is 416 Å². The van der Waals surface area contributed by atoms with E-state index in [0.29, 0.717) is 45.2 Å². The molecule has 18 atom stereocenters. The van der Waals surface area contributed by atoms with Gasteiger partial charge in [-0.25, -0.2) is 9.07 Å². The second kappa shape index (κ2) is 24.6. The molecule has 394 valence electrons. The third-order valence-electron chi connectivity index (χ3n) is 15.9. The maximum absolute atomic E-state index is 14.7. The number of aliphatic hydroxyl groups excluding tert-OH is 1. The Morgan fingerprint density at radius 2 is 1.68 bits per heavy atom. The number of carbonyl (C=O) groups excluding carboxylic acids is 1. The van der Waals surface area contributed by atoms with Crippen molar-refractivity contribution in [2.45, 2.75) is 203 Å². The molecule has 3 aliphatic rings. The van der Waals surface area contributed by atoms with Crippen molar-refractivity contribution in [1.82, 2.24) is 24.8 Å². The predicted octanol–water partition coefficient (Wildman–Crippen LogP) is 7.06. The Bertz CT molecular complexity index is 1900. The zero-order chi connectivity index (χ0) is 51.2. The number of benzene rings is 1. The van der Waals surface area contributed by atoms with Gasteiger partial charge in [0.05, 0.1) is 47.2 Å². The lowest BCUT2D eigenvalue weighted by Gasteiger charge is -2.50. The zero-order valence-corrected chi connectivity index (χ0v) is 45.2. The highest BCUT2D eigenvalue weighted by Crippen LogP contribution is 2.45. The van der Waals surface area contributed by atoms with Crippen molar-refractivity contribution < 1.29 is 52.9 Å². The Morgan fingerprint density at radius 3 is 2.29 bits per heavy atom. The number of nitrogens with zero attached hydrogens (tertiary/aromatic N) is 5. The highest BCUT2D eigenvalue weighted by Gasteiger charge is 2.53. The zero-order valence-electron chi connectivity index (χ0n) is 44.3. The third kappa shape index (κ3) is 14.1. The van der Waals surface area contributed by atoms with Crippen molar-refractivity contribution in [3.8, 4) is 0 Å². The number of carbonyl (C=O) groups is 1. The summed E-state index contributed by atoms with van der Waals surface area (Å²) in [5.74, 6) is -2.41. The van der Waals surface area contributed by atoms with E-state index < -0.39 is 96.1 Å². The van der Waals surface area contributed by atoms with Gasteiger partial charge in [-0.3, -0.25) is 4.79 Å². The van der Waals surface area contributed by atoms with Gasteiger partial charge in [0.1, 0.15) is 36.6 Å². The number of hydrogen-bond donors (Lipinski definition) is 3. The van der Waals surface area contributed by atoms with E-state index in [0.717, 1.165) is 22.6 Å². The number of ether oxygens (including phenoxy) is 6. The Kier molecular flexibility index (Phi) is 20.6. The lowest BCUT2D eigenvalue weighted by Crippen LogP contribution is -2.59. The van der Waals surface area contributed by atoms with Crippen LogP contribution in [0.5, 0.6) is 0 Å². The Morgan fingerprint density at radius 1 is 1.00 bits per heavy atom. The summed E-state index contributed by atoms with van der Waals surface area (Å²) in [7, 11) is 7.25. The molecular weight excluding hydrogens is 906 g/mol. The summed E-state index contributed by atoms with van der Waals surface area (Å²) in [4.78, 5) is 20.0. The molecule has 0 bridgehead atoms. The van der Waals surface area contributed by atoms with E-state index in [1.54, 1.807) is 30.7 Å². The lowest BCUT2D eigenvalue weighted by atomic mass is 9.69. The minimum atomic E-state index is -1.76. The summed E-state index contributed by atoms with van der Waals surface area (Å²) in [5.41, 5.74) is -2.12. The fourth-order valence-electron chi connectivity index (χ4n) is 11.9. The van der Waals surface area contributed by atoms with Crippen LogP contribution in [0.15, 0.2) is 35.4 Å². The number of cyclic esters (lactones) is 1. The van der Waals surface area contributed by atoms with Crippen LogP contribution in [0, 0.1) is 23.7 Å². The number of rotatable bonds is 15. The molecule has 3 aliphatic heterocycles. The molecular formula is C52H88FN5O10S. The molecule has 0 aliphatic carbocycles. The summed E-state index contributed by atoms with van der Waals surface area (Å²) < 4.78 is 55.0. The van der Waals surface area contributed by atoms with Crippen LogP contribution in [-0.2, 0) is 39.6 Å². The van der Waals surface area contributed by atoms with Gasteiger partial charge < -0.3 is 53.5 Å². The van der Waals surface area contributed by atoms with Crippen molar-refractivity contribution in [3.05, 3.63) is 41.7 Å². The molecule has 0 saturated carbocycles. The van der Waals surface area contributed by atoms with Gasteiger partial charge >= 0.3 is 5.97 Å². The molecule has 3 saturated heterocycles. The van der Waals surface area contributed by atoms with Gasteiger partial charge in [-0.05, 0) is 111 Å². The van der Waals surface area contributed by atoms with E-state index in [9.17, 15) is 24.5 Å². The van der Waals surface area contributed by atoms with Crippen molar-refractivity contribution in [3.63, 3.8) is 0 Å². The van der Waals surface area contributed by atoms with Crippen LogP contribution in [0.4, 0.5) is 4.39 Å². The Balaban J connectivity index is 1.42. The maximum Gasteiger partial charge on any atom is 0.309 e. The van der Waals surface area contributed by atoms with Gasteiger partial charge in [-0.2, -0.15) is 0 Å². The van der Waals surface area contributed by atoms with E-state index in [4.69, 9.17) is 28.4 Å². The number of esters is 1. The number of aliphatic hydroxyl groups is 3. The standard InChI is InChI=1S/C52H88FN5O10S/c1-16-43-52(10,62)47(59)36(7)57(12)29-31(2)25-51(9,61)48(34(5)45(35(6)49(60)67-43)42-27-50(8,64-14)26-33(4)65-42)68-44-24-39(23-32(3)66-44)56(11)22-21-38-30-58(55-54-38)41(28-53)46(63-13)37-17-19-40(69-15)20-18-37/h17-20,30-36,39,41-48,59,61-62H,16,21-29H2,1-15H3/t31-,32-,33+,34+,35-,36-,39+,41-,42-,43-,44+,45?,46-,47-,48-,50+,51-,52-/m1/s1. The number of alkyl halides is 1. The van der Waals surface area contributed by atoms with Gasteiger partial charge in [-0.1, -0.05) is 45.0 Å². The van der Waals surface area contributed by atoms with E-state index in [1.165, 1.54) is 6.92 Å². The molecule has 17 heteroatoms. The maximum atomic E-state index is 14.7. The molecule has 4 heterocycles. The minimum absolute atomic E-state index is 0.0471. The number of aromatic nitrogens is 3. The van der Waals surface area contributed by atoms with Crippen LogP contribution >= 0.6 is 11.8 Å². The second-order valence-electron chi connectivity index (χ2n) is 21.8. The summed E-state index contributed by atoms with van der Waals surface area (Å²) in [6.45, 7) is 19.6. The first-order valence-electron chi connectivity index (χ1n) is 25.3. The molecule has 1 aromatic heterocycles. The average Bonchev–Trinajstić information content (AvgIpc) is 3.77. The molecule has 69 heavy (non-hydrogen) atoms. The summed E-state index contributed by atoms with van der Waals surface area (Å²) in [6, 6.07) is 6.79. The topological polar surface area (TPSA) is 170 Å². The van der Waals surface area contributed by atoms with Crippen molar-refractivity contribution in [1.29, 1.82) is 0 Å². The van der Waals surface area contributed by atoms with Crippen LogP contribution in [0.3, 0.4) is 0 Å². The molecule has 3 fully saturated rings. The monoisotopic (exact) mass is 994 g/mol. The van der Waals surface area contributed by atoms with Gasteiger partial charge in [0.2, 0.25) is 0 Å². The van der Waals surface area contributed by atoms with Crippen LogP contribution in [-0.4, -0.2) is 172 Å².